The second-order valence-corrected chi connectivity index (χ2v) is 3.04. The number of nitrogens with zero attached hydrogens (tertiary/aromatic N) is 1. The highest BCUT2D eigenvalue weighted by Crippen LogP contribution is 2.33. The quantitative estimate of drug-likeness (QED) is 0.471. The number of alkyl halides is 1. The summed E-state index contributed by atoms with van der Waals surface area (Å²) in [6.07, 6.45) is 1.14. The highest BCUT2D eigenvalue weighted by molar-refractivity contribution is 5.44. The molecule has 80 valence electrons. The Bertz CT molecular complexity index is 411. The van der Waals surface area contributed by atoms with Crippen LogP contribution in [0.5, 0.6) is 11.5 Å². The molecule has 0 aliphatic carbocycles. The highest BCUT2D eigenvalue weighted by Gasteiger charge is 2.25. The molecule has 0 radical (unpaired) electrons. The summed E-state index contributed by atoms with van der Waals surface area (Å²) >= 11 is 0. The minimum atomic E-state index is -2.19. The van der Waals surface area contributed by atoms with Gasteiger partial charge in [-0.05, 0) is 25.1 Å². The number of methoxy groups -OCH3 is 1. The van der Waals surface area contributed by atoms with Crippen LogP contribution in [0, 0.1) is 0 Å². The molecule has 1 unspecified atom stereocenters. The fourth-order valence-electron chi connectivity index (χ4n) is 1.12. The zero-order valence-corrected chi connectivity index (χ0v) is 8.32. The number of hydrogen-bond donors (Lipinski definition) is 1. The van der Waals surface area contributed by atoms with Crippen LogP contribution in [0.2, 0.25) is 0 Å². The lowest BCUT2D eigenvalue weighted by Gasteiger charge is -2.14. The van der Waals surface area contributed by atoms with Gasteiger partial charge < -0.3 is 9.84 Å². The van der Waals surface area contributed by atoms with E-state index in [0.29, 0.717) is 0 Å². The molecule has 4 nitrogen and oxygen atoms in total. The van der Waals surface area contributed by atoms with Gasteiger partial charge in [0.15, 0.2) is 11.5 Å². The summed E-state index contributed by atoms with van der Waals surface area (Å²) in [7, 11) is 1.38. The van der Waals surface area contributed by atoms with Crippen molar-refractivity contribution in [2.45, 2.75) is 12.7 Å². The fraction of sp³-hybridized carbons (Fsp3) is 0.300. The molecule has 0 heterocycles. The molecule has 1 rings (SSSR count). The van der Waals surface area contributed by atoms with Gasteiger partial charge in [-0.15, -0.1) is 0 Å². The van der Waals surface area contributed by atoms with E-state index < -0.39 is 5.79 Å². The lowest BCUT2D eigenvalue weighted by Crippen LogP contribution is -2.11. The van der Waals surface area contributed by atoms with Crippen LogP contribution in [0.4, 0.5) is 4.39 Å². The van der Waals surface area contributed by atoms with Crippen LogP contribution in [0.3, 0.4) is 0 Å². The molecular weight excluding hydrogens is 201 g/mol. The van der Waals surface area contributed by atoms with Gasteiger partial charge in [0.2, 0.25) is 11.9 Å². The SMILES string of the molecule is COc1ccc(C(C)(F)N=C=O)cc1O. The van der Waals surface area contributed by atoms with Gasteiger partial charge in [0.25, 0.3) is 0 Å². The van der Waals surface area contributed by atoms with Crippen molar-refractivity contribution >= 4 is 6.08 Å². The Hall–Kier alpha value is -1.87. The largest absolute Gasteiger partial charge is 0.504 e. The molecule has 0 aromatic heterocycles. The second-order valence-electron chi connectivity index (χ2n) is 3.04. The van der Waals surface area contributed by atoms with E-state index in [1.807, 2.05) is 0 Å². The summed E-state index contributed by atoms with van der Waals surface area (Å²) < 4.78 is 18.4. The molecule has 0 bridgehead atoms. The third-order valence-electron chi connectivity index (χ3n) is 1.96. The number of isocyanates is 1. The Kier molecular flexibility index (Phi) is 3.07. The van der Waals surface area contributed by atoms with Crippen molar-refractivity contribution in [2.24, 2.45) is 4.99 Å². The molecule has 1 atom stereocenters. The predicted molar refractivity (Wildman–Crippen MR) is 51.2 cm³/mol. The van der Waals surface area contributed by atoms with E-state index in [1.54, 1.807) is 0 Å². The third kappa shape index (κ3) is 2.33. The van der Waals surface area contributed by atoms with Crippen molar-refractivity contribution in [3.8, 4) is 11.5 Å². The Balaban J connectivity index is 3.17. The summed E-state index contributed by atoms with van der Waals surface area (Å²) in [6, 6.07) is 3.92. The summed E-state index contributed by atoms with van der Waals surface area (Å²) in [4.78, 5) is 13.0. The molecule has 1 N–H and O–H groups in total. The highest BCUT2D eigenvalue weighted by atomic mass is 19.1. The lowest BCUT2D eigenvalue weighted by molar-refractivity contribution is 0.205. The van der Waals surface area contributed by atoms with Gasteiger partial charge in [-0.25, -0.2) is 9.18 Å². The summed E-state index contributed by atoms with van der Waals surface area (Å²) in [6.45, 7) is 1.10. The van der Waals surface area contributed by atoms with Crippen LogP contribution in [0.15, 0.2) is 23.2 Å². The molecule has 0 aliphatic heterocycles. The molecule has 0 saturated heterocycles. The topological polar surface area (TPSA) is 58.9 Å². The molecule has 0 spiro atoms. The second kappa shape index (κ2) is 4.11. The minimum Gasteiger partial charge on any atom is -0.504 e. The first kappa shape index (κ1) is 11.2. The molecule has 0 saturated carbocycles. The predicted octanol–water partition coefficient (Wildman–Crippen LogP) is 1.88. The summed E-state index contributed by atoms with van der Waals surface area (Å²) in [5.74, 6) is -2.17. The van der Waals surface area contributed by atoms with Crippen LogP contribution in [-0.4, -0.2) is 18.3 Å². The summed E-state index contributed by atoms with van der Waals surface area (Å²) in [5, 5.41) is 9.39. The Labute approximate surface area is 86.0 Å². The number of phenolic OH excluding ortho intramolecular Hbond substituents is 1. The van der Waals surface area contributed by atoms with Crippen LogP contribution in [-0.2, 0) is 10.6 Å². The van der Waals surface area contributed by atoms with Crippen LogP contribution in [0.25, 0.3) is 0 Å². The van der Waals surface area contributed by atoms with Gasteiger partial charge in [-0.3, -0.25) is 0 Å². The van der Waals surface area contributed by atoms with Crippen LogP contribution >= 0.6 is 0 Å². The number of aliphatic imine (C=N–C) groups is 1. The number of phenols is 1. The monoisotopic (exact) mass is 211 g/mol. The Morgan fingerprint density at radius 3 is 2.73 bits per heavy atom. The maximum Gasteiger partial charge on any atom is 0.238 e. The molecule has 1 aromatic carbocycles. The maximum atomic E-state index is 13.7. The van der Waals surface area contributed by atoms with Crippen molar-refractivity contribution in [1.82, 2.24) is 0 Å². The zero-order chi connectivity index (χ0) is 11.5. The first-order valence-corrected chi connectivity index (χ1v) is 4.16. The number of benzene rings is 1. The van der Waals surface area contributed by atoms with Gasteiger partial charge in [-0.1, -0.05) is 0 Å². The van der Waals surface area contributed by atoms with E-state index >= 15 is 0 Å². The van der Waals surface area contributed by atoms with Crippen LogP contribution in [0.1, 0.15) is 12.5 Å². The number of aromatic hydroxyl groups is 1. The molecular formula is C10H10FNO3. The normalized spacial score (nSPS) is 13.8. The number of rotatable bonds is 3. The van der Waals surface area contributed by atoms with Gasteiger partial charge in [0.05, 0.1) is 7.11 Å². The first-order chi connectivity index (χ1) is 7.01. The van der Waals surface area contributed by atoms with E-state index in [9.17, 15) is 14.3 Å². The zero-order valence-electron chi connectivity index (χ0n) is 8.32. The van der Waals surface area contributed by atoms with Crippen molar-refractivity contribution < 1.29 is 19.0 Å². The van der Waals surface area contributed by atoms with Crippen LogP contribution < -0.4 is 4.74 Å². The van der Waals surface area contributed by atoms with Crippen molar-refractivity contribution in [3.63, 3.8) is 0 Å². The van der Waals surface area contributed by atoms with Gasteiger partial charge in [0, 0.05) is 5.56 Å². The number of hydrogen-bond acceptors (Lipinski definition) is 4. The van der Waals surface area contributed by atoms with E-state index in [0.717, 1.165) is 19.1 Å². The number of halogens is 1. The molecule has 0 fully saturated rings. The average Bonchev–Trinajstić information content (AvgIpc) is 2.17. The van der Waals surface area contributed by atoms with E-state index in [-0.39, 0.29) is 17.1 Å². The minimum absolute atomic E-state index is 0.0594. The smallest absolute Gasteiger partial charge is 0.238 e. The Morgan fingerprint density at radius 2 is 2.27 bits per heavy atom. The molecule has 5 heteroatoms. The molecule has 1 aromatic rings. The number of carbonyl (C=O) groups excluding carboxylic acids is 1. The molecule has 0 aliphatic rings. The summed E-state index contributed by atoms with van der Waals surface area (Å²) in [5.41, 5.74) is 0.0594. The standard InChI is InChI=1S/C10H10FNO3/c1-10(11,12-6-13)7-3-4-9(15-2)8(14)5-7/h3-5,14H,1-2H3. The van der Waals surface area contributed by atoms with Gasteiger partial charge in [0.1, 0.15) is 0 Å². The molecule has 15 heavy (non-hydrogen) atoms. The van der Waals surface area contributed by atoms with E-state index in [2.05, 4.69) is 4.99 Å². The average molecular weight is 211 g/mol. The van der Waals surface area contributed by atoms with Gasteiger partial charge >= 0.3 is 0 Å². The van der Waals surface area contributed by atoms with E-state index in [1.165, 1.54) is 19.2 Å². The van der Waals surface area contributed by atoms with Crippen molar-refractivity contribution in [2.75, 3.05) is 7.11 Å². The molecule has 0 amide bonds. The third-order valence-corrected chi connectivity index (χ3v) is 1.96. The van der Waals surface area contributed by atoms with Gasteiger partial charge in [-0.2, -0.15) is 4.99 Å². The van der Waals surface area contributed by atoms with E-state index in [4.69, 9.17) is 4.74 Å². The number of ether oxygens (including phenoxy) is 1. The van der Waals surface area contributed by atoms with Crippen molar-refractivity contribution in [1.29, 1.82) is 0 Å². The lowest BCUT2D eigenvalue weighted by atomic mass is 10.1. The first-order valence-electron chi connectivity index (χ1n) is 4.16. The Morgan fingerprint density at radius 1 is 1.60 bits per heavy atom. The maximum absolute atomic E-state index is 13.7. The fourth-order valence-corrected chi connectivity index (χ4v) is 1.12. The van der Waals surface area contributed by atoms with Crippen molar-refractivity contribution in [3.05, 3.63) is 23.8 Å².